The van der Waals surface area contributed by atoms with Crippen LogP contribution in [0.2, 0.25) is 0 Å². The Balaban J connectivity index is 2.27. The number of nitrogens with one attached hydrogen (secondary N) is 1. The first-order valence-corrected chi connectivity index (χ1v) is 7.86. The minimum atomic E-state index is -1.06. The van der Waals surface area contributed by atoms with E-state index < -0.39 is 17.4 Å². The second kappa shape index (κ2) is 6.89. The summed E-state index contributed by atoms with van der Waals surface area (Å²) in [5.41, 5.74) is 0.452. The van der Waals surface area contributed by atoms with Crippen molar-refractivity contribution < 1.29 is 19.8 Å². The highest BCUT2D eigenvalue weighted by Crippen LogP contribution is 2.33. The normalized spacial score (nSPS) is 12.7. The Bertz CT molecular complexity index is 697. The molecule has 2 aromatic rings. The Labute approximate surface area is 137 Å². The number of carboxylic acids is 1. The number of aliphatic hydroxyl groups excluding tert-OH is 1. The lowest BCUT2D eigenvalue weighted by atomic mass is 9.81. The van der Waals surface area contributed by atoms with Crippen LogP contribution in [0, 0.1) is 5.41 Å². The van der Waals surface area contributed by atoms with Gasteiger partial charge in [-0.3, -0.25) is 9.78 Å². The summed E-state index contributed by atoms with van der Waals surface area (Å²) in [4.78, 5) is 27.5. The predicted octanol–water partition coefficient (Wildman–Crippen LogP) is 2.33. The van der Waals surface area contributed by atoms with E-state index in [9.17, 15) is 14.7 Å². The van der Waals surface area contributed by atoms with Crippen LogP contribution in [0.25, 0.3) is 0 Å². The van der Waals surface area contributed by atoms with Gasteiger partial charge >= 0.3 is 5.97 Å². The van der Waals surface area contributed by atoms with Crippen LogP contribution in [-0.2, 0) is 0 Å². The average Bonchev–Trinajstić information content (AvgIpc) is 3.03. The molecular weight excluding hydrogens is 316 g/mol. The first-order valence-electron chi connectivity index (χ1n) is 6.98. The molecule has 0 saturated carbocycles. The molecule has 1 amide bonds. The molecule has 7 heteroatoms. The van der Waals surface area contributed by atoms with Crippen LogP contribution in [0.15, 0.2) is 36.0 Å². The lowest BCUT2D eigenvalue weighted by Crippen LogP contribution is -2.40. The summed E-state index contributed by atoms with van der Waals surface area (Å²) < 4.78 is 0. The Kier molecular flexibility index (Phi) is 5.12. The van der Waals surface area contributed by atoms with Crippen molar-refractivity contribution in [3.8, 4) is 0 Å². The SMILES string of the molecule is CC(C)(CO)C(NC(=O)c1csc(C(=O)O)c1)c1cccnc1. The molecule has 0 bridgehead atoms. The van der Waals surface area contributed by atoms with Gasteiger partial charge in [0.1, 0.15) is 4.88 Å². The first kappa shape index (κ1) is 17.1. The van der Waals surface area contributed by atoms with Gasteiger partial charge in [-0.1, -0.05) is 19.9 Å². The average molecular weight is 334 g/mol. The topological polar surface area (TPSA) is 99.5 Å². The van der Waals surface area contributed by atoms with E-state index in [4.69, 9.17) is 5.11 Å². The number of hydrogen-bond donors (Lipinski definition) is 3. The molecule has 0 saturated heterocycles. The number of rotatable bonds is 6. The van der Waals surface area contributed by atoms with Crippen molar-refractivity contribution in [3.63, 3.8) is 0 Å². The van der Waals surface area contributed by atoms with E-state index in [-0.39, 0.29) is 23.0 Å². The van der Waals surface area contributed by atoms with Crippen LogP contribution in [0.4, 0.5) is 0 Å². The number of carbonyl (C=O) groups excluding carboxylic acids is 1. The van der Waals surface area contributed by atoms with Crippen molar-refractivity contribution >= 4 is 23.2 Å². The van der Waals surface area contributed by atoms with E-state index in [1.165, 1.54) is 11.4 Å². The standard InChI is InChI=1S/C16H18N2O4S/c1-16(2,9-19)13(10-4-3-5-17-7-10)18-14(20)11-6-12(15(21)22)23-8-11/h3-8,13,19H,9H2,1-2H3,(H,18,20)(H,21,22). The lowest BCUT2D eigenvalue weighted by Gasteiger charge is -2.33. The Morgan fingerprint density at radius 2 is 2.17 bits per heavy atom. The molecule has 2 aromatic heterocycles. The van der Waals surface area contributed by atoms with Gasteiger partial charge < -0.3 is 15.5 Å². The number of carbonyl (C=O) groups is 2. The van der Waals surface area contributed by atoms with Gasteiger partial charge in [-0.25, -0.2) is 4.79 Å². The molecule has 0 aliphatic rings. The first-order chi connectivity index (χ1) is 10.8. The predicted molar refractivity (Wildman–Crippen MR) is 86.6 cm³/mol. The highest BCUT2D eigenvalue weighted by molar-refractivity contribution is 7.12. The molecule has 0 radical (unpaired) electrons. The summed E-state index contributed by atoms with van der Waals surface area (Å²) in [5.74, 6) is -1.45. The van der Waals surface area contributed by atoms with Gasteiger partial charge in [-0.05, 0) is 17.7 Å². The third-order valence-corrected chi connectivity index (χ3v) is 4.47. The summed E-state index contributed by atoms with van der Waals surface area (Å²) in [5, 5.41) is 23.0. The summed E-state index contributed by atoms with van der Waals surface area (Å²) in [7, 11) is 0. The van der Waals surface area contributed by atoms with Crippen LogP contribution in [0.5, 0.6) is 0 Å². The zero-order chi connectivity index (χ0) is 17.0. The number of thiophene rings is 1. The van der Waals surface area contributed by atoms with Crippen molar-refractivity contribution in [1.82, 2.24) is 10.3 Å². The van der Waals surface area contributed by atoms with Crippen molar-refractivity contribution in [1.29, 1.82) is 0 Å². The highest BCUT2D eigenvalue weighted by Gasteiger charge is 2.32. The third-order valence-electron chi connectivity index (χ3n) is 3.55. The number of aliphatic hydroxyl groups is 1. The molecule has 0 aliphatic carbocycles. The maximum atomic E-state index is 12.4. The molecule has 0 spiro atoms. The van der Waals surface area contributed by atoms with E-state index in [0.29, 0.717) is 0 Å². The molecule has 0 aromatic carbocycles. The molecule has 2 heterocycles. The van der Waals surface area contributed by atoms with Gasteiger partial charge in [0.15, 0.2) is 0 Å². The van der Waals surface area contributed by atoms with E-state index >= 15 is 0 Å². The van der Waals surface area contributed by atoms with E-state index in [2.05, 4.69) is 10.3 Å². The number of hydrogen-bond acceptors (Lipinski definition) is 5. The number of aromatic carboxylic acids is 1. The van der Waals surface area contributed by atoms with Gasteiger partial charge in [0.25, 0.3) is 5.91 Å². The number of aromatic nitrogens is 1. The van der Waals surface area contributed by atoms with Crippen molar-refractivity contribution in [2.45, 2.75) is 19.9 Å². The quantitative estimate of drug-likeness (QED) is 0.753. The molecule has 0 fully saturated rings. The molecule has 2 rings (SSSR count). The number of pyridine rings is 1. The van der Waals surface area contributed by atoms with Gasteiger partial charge in [0.05, 0.1) is 18.2 Å². The molecule has 122 valence electrons. The number of amides is 1. The van der Waals surface area contributed by atoms with Gasteiger partial charge in [-0.2, -0.15) is 0 Å². The maximum absolute atomic E-state index is 12.4. The molecule has 3 N–H and O–H groups in total. The molecule has 23 heavy (non-hydrogen) atoms. The van der Waals surface area contributed by atoms with Crippen LogP contribution in [-0.4, -0.2) is 33.7 Å². The van der Waals surface area contributed by atoms with Crippen molar-refractivity contribution in [3.05, 3.63) is 52.0 Å². The van der Waals surface area contributed by atoms with E-state index in [1.54, 1.807) is 18.5 Å². The molecule has 1 atom stereocenters. The van der Waals surface area contributed by atoms with E-state index in [0.717, 1.165) is 16.9 Å². The monoisotopic (exact) mass is 334 g/mol. The highest BCUT2D eigenvalue weighted by atomic mass is 32.1. The fourth-order valence-corrected chi connectivity index (χ4v) is 2.87. The number of carboxylic acid groups (broad SMARTS) is 1. The molecule has 6 nitrogen and oxygen atoms in total. The van der Waals surface area contributed by atoms with E-state index in [1.807, 2.05) is 19.9 Å². The fourth-order valence-electron chi connectivity index (χ4n) is 2.15. The Morgan fingerprint density at radius 1 is 1.43 bits per heavy atom. The van der Waals surface area contributed by atoms with Crippen molar-refractivity contribution in [2.75, 3.05) is 6.61 Å². The Hall–Kier alpha value is -2.25. The third kappa shape index (κ3) is 3.94. The second-order valence-corrected chi connectivity index (χ2v) is 6.76. The molecular formula is C16H18N2O4S. The maximum Gasteiger partial charge on any atom is 0.345 e. The van der Waals surface area contributed by atoms with Gasteiger partial charge in [0, 0.05) is 23.2 Å². The second-order valence-electron chi connectivity index (χ2n) is 5.84. The summed E-state index contributed by atoms with van der Waals surface area (Å²) in [6.07, 6.45) is 3.27. The largest absolute Gasteiger partial charge is 0.477 e. The van der Waals surface area contributed by atoms with Crippen LogP contribution in [0.3, 0.4) is 0 Å². The smallest absolute Gasteiger partial charge is 0.345 e. The minimum absolute atomic E-state index is 0.106. The fraction of sp³-hybridized carbons (Fsp3) is 0.312. The van der Waals surface area contributed by atoms with Gasteiger partial charge in [-0.15, -0.1) is 11.3 Å². The van der Waals surface area contributed by atoms with Crippen molar-refractivity contribution in [2.24, 2.45) is 5.41 Å². The molecule has 1 unspecified atom stereocenters. The van der Waals surface area contributed by atoms with Crippen LogP contribution < -0.4 is 5.32 Å². The van der Waals surface area contributed by atoms with Crippen LogP contribution >= 0.6 is 11.3 Å². The summed E-state index contributed by atoms with van der Waals surface area (Å²) in [6.45, 7) is 3.54. The lowest BCUT2D eigenvalue weighted by molar-refractivity contribution is 0.0702. The minimum Gasteiger partial charge on any atom is -0.477 e. The summed E-state index contributed by atoms with van der Waals surface area (Å²) >= 11 is 1.00. The van der Waals surface area contributed by atoms with Gasteiger partial charge in [0.2, 0.25) is 0 Å². The zero-order valence-corrected chi connectivity index (χ0v) is 13.6. The number of nitrogens with zero attached hydrogens (tertiary/aromatic N) is 1. The zero-order valence-electron chi connectivity index (χ0n) is 12.8. The Morgan fingerprint density at radius 3 is 2.70 bits per heavy atom. The van der Waals surface area contributed by atoms with Crippen LogP contribution in [0.1, 0.15) is 45.5 Å². The molecule has 0 aliphatic heterocycles. The summed E-state index contributed by atoms with van der Waals surface area (Å²) in [6, 6.07) is 4.47.